The fraction of sp³-hybridized carbons (Fsp3) is 0.364. The molecular formula is C22H23ClF2N6O3. The van der Waals surface area contributed by atoms with Crippen molar-refractivity contribution >= 4 is 23.0 Å². The lowest BCUT2D eigenvalue weighted by atomic mass is 10.0. The number of anilines is 1. The second-order valence-corrected chi connectivity index (χ2v) is 8.15. The predicted molar refractivity (Wildman–Crippen MR) is 121 cm³/mol. The summed E-state index contributed by atoms with van der Waals surface area (Å²) < 4.78 is 37.7. The number of hydrogen-bond acceptors (Lipinski definition) is 9. The van der Waals surface area contributed by atoms with Crippen LogP contribution in [0, 0.1) is 0 Å². The minimum atomic E-state index is -2.94. The van der Waals surface area contributed by atoms with Gasteiger partial charge in [0, 0.05) is 45.1 Å². The van der Waals surface area contributed by atoms with Gasteiger partial charge >= 0.3 is 0 Å². The Hall–Kier alpha value is -2.99. The second kappa shape index (κ2) is 10.1. The predicted octanol–water partition coefficient (Wildman–Crippen LogP) is 3.92. The monoisotopic (exact) mass is 492 g/mol. The number of rotatable bonds is 8. The molecule has 1 atom stereocenters. The first kappa shape index (κ1) is 24.1. The molecule has 12 heteroatoms. The zero-order valence-electron chi connectivity index (χ0n) is 18.5. The molecule has 0 radical (unpaired) electrons. The molecule has 0 bridgehead atoms. The van der Waals surface area contributed by atoms with Crippen molar-refractivity contribution in [2.75, 3.05) is 25.5 Å². The molecular weight excluding hydrogens is 470 g/mol. The lowest BCUT2D eigenvalue weighted by Gasteiger charge is -2.33. The molecule has 0 saturated heterocycles. The van der Waals surface area contributed by atoms with Gasteiger partial charge < -0.3 is 19.6 Å². The van der Waals surface area contributed by atoms with Crippen molar-refractivity contribution in [1.29, 1.82) is 0 Å². The van der Waals surface area contributed by atoms with Crippen molar-refractivity contribution in [1.82, 2.24) is 25.1 Å². The SMILES string of the molecule is COC(Nc1ccc(C(C)(F)F)cn1)N1CC=C(c2ncc(-c3nnc(CO)o3)cc2Cl)CC1. The fourth-order valence-corrected chi connectivity index (χ4v) is 3.79. The molecule has 0 aliphatic carbocycles. The summed E-state index contributed by atoms with van der Waals surface area (Å²) in [5.74, 6) is -2.17. The molecule has 0 amide bonds. The maximum atomic E-state index is 13.4. The number of nitrogens with zero attached hydrogens (tertiary/aromatic N) is 5. The number of alkyl halides is 2. The zero-order chi connectivity index (χ0) is 24.3. The van der Waals surface area contributed by atoms with Gasteiger partial charge in [0.15, 0.2) is 6.35 Å². The Balaban J connectivity index is 1.42. The van der Waals surface area contributed by atoms with Crippen LogP contribution in [-0.4, -0.2) is 56.7 Å². The molecule has 0 fully saturated rings. The molecule has 1 aliphatic rings. The summed E-state index contributed by atoms with van der Waals surface area (Å²) in [6.45, 7) is 1.68. The minimum absolute atomic E-state index is 0.112. The van der Waals surface area contributed by atoms with Crippen LogP contribution in [0.5, 0.6) is 0 Å². The molecule has 3 aromatic rings. The van der Waals surface area contributed by atoms with E-state index in [1.54, 1.807) is 19.4 Å². The van der Waals surface area contributed by atoms with E-state index in [2.05, 4.69) is 25.5 Å². The van der Waals surface area contributed by atoms with Crippen molar-refractivity contribution < 1.29 is 23.0 Å². The van der Waals surface area contributed by atoms with Gasteiger partial charge in [-0.15, -0.1) is 10.2 Å². The Bertz CT molecular complexity index is 1170. The van der Waals surface area contributed by atoms with Gasteiger partial charge in [-0.2, -0.15) is 0 Å². The number of methoxy groups -OCH3 is 1. The van der Waals surface area contributed by atoms with Crippen molar-refractivity contribution in [3.05, 3.63) is 58.8 Å². The smallest absolute Gasteiger partial charge is 0.272 e. The van der Waals surface area contributed by atoms with Gasteiger partial charge in [0.05, 0.1) is 16.3 Å². The Morgan fingerprint density at radius 1 is 1.29 bits per heavy atom. The number of aromatic nitrogens is 4. The molecule has 1 unspecified atom stereocenters. The summed E-state index contributed by atoms with van der Waals surface area (Å²) in [5.41, 5.74) is 2.05. The Labute approximate surface area is 199 Å². The molecule has 4 heterocycles. The summed E-state index contributed by atoms with van der Waals surface area (Å²) in [6, 6.07) is 4.54. The van der Waals surface area contributed by atoms with E-state index in [1.165, 1.54) is 12.1 Å². The molecule has 0 saturated carbocycles. The highest BCUT2D eigenvalue weighted by Gasteiger charge is 2.26. The van der Waals surface area contributed by atoms with E-state index in [4.69, 9.17) is 25.9 Å². The van der Waals surface area contributed by atoms with Gasteiger partial charge in [0.25, 0.3) is 5.92 Å². The molecule has 2 N–H and O–H groups in total. The molecule has 9 nitrogen and oxygen atoms in total. The maximum absolute atomic E-state index is 13.4. The topological polar surface area (TPSA) is 109 Å². The standard InChI is InChI=1S/C22H23ClF2N6O3/c1-22(24,25)15-3-4-17(26-11-15)28-21(33-2)31-7-5-13(6-8-31)19-16(23)9-14(10-27-19)20-30-29-18(12-32)34-20/h3-5,9-11,21,32H,6-8,12H2,1-2H3,(H,26,28). The van der Waals surface area contributed by atoms with Gasteiger partial charge in [0.1, 0.15) is 12.4 Å². The number of nitrogens with one attached hydrogen (secondary N) is 1. The van der Waals surface area contributed by atoms with Gasteiger partial charge in [0.2, 0.25) is 11.8 Å². The third kappa shape index (κ3) is 5.39. The van der Waals surface area contributed by atoms with Crippen LogP contribution < -0.4 is 5.32 Å². The number of halogens is 3. The summed E-state index contributed by atoms with van der Waals surface area (Å²) in [5, 5.41) is 20.2. The highest BCUT2D eigenvalue weighted by atomic mass is 35.5. The second-order valence-electron chi connectivity index (χ2n) is 7.74. The van der Waals surface area contributed by atoms with Crippen LogP contribution in [0.2, 0.25) is 5.02 Å². The van der Waals surface area contributed by atoms with E-state index in [9.17, 15) is 8.78 Å². The Kier molecular flexibility index (Phi) is 7.17. The third-order valence-electron chi connectivity index (χ3n) is 5.33. The van der Waals surface area contributed by atoms with E-state index in [0.29, 0.717) is 41.6 Å². The largest absolute Gasteiger partial charge is 0.418 e. The van der Waals surface area contributed by atoms with Crippen LogP contribution in [-0.2, 0) is 17.3 Å². The first-order valence-corrected chi connectivity index (χ1v) is 10.8. The van der Waals surface area contributed by atoms with Crippen molar-refractivity contribution in [3.8, 4) is 11.5 Å². The summed E-state index contributed by atoms with van der Waals surface area (Å²) in [4.78, 5) is 10.6. The molecule has 1 aliphatic heterocycles. The average molecular weight is 493 g/mol. The molecule has 0 spiro atoms. The van der Waals surface area contributed by atoms with Crippen molar-refractivity contribution in [2.24, 2.45) is 0 Å². The van der Waals surface area contributed by atoms with E-state index in [0.717, 1.165) is 18.7 Å². The summed E-state index contributed by atoms with van der Waals surface area (Å²) in [6.07, 6.45) is 4.92. The van der Waals surface area contributed by atoms with E-state index >= 15 is 0 Å². The van der Waals surface area contributed by atoms with Crippen molar-refractivity contribution in [2.45, 2.75) is 32.2 Å². The number of ether oxygens (including phenoxy) is 1. The quantitative estimate of drug-likeness (QED) is 0.452. The van der Waals surface area contributed by atoms with Gasteiger partial charge in [-0.25, -0.2) is 13.8 Å². The van der Waals surface area contributed by atoms with Gasteiger partial charge in [-0.1, -0.05) is 17.7 Å². The van der Waals surface area contributed by atoms with Crippen LogP contribution in [0.3, 0.4) is 0 Å². The molecule has 0 aromatic carbocycles. The maximum Gasteiger partial charge on any atom is 0.272 e. The Morgan fingerprint density at radius 3 is 2.68 bits per heavy atom. The summed E-state index contributed by atoms with van der Waals surface area (Å²) in [7, 11) is 1.56. The first-order chi connectivity index (χ1) is 16.3. The van der Waals surface area contributed by atoms with Crippen LogP contribution >= 0.6 is 11.6 Å². The molecule has 3 aromatic heterocycles. The highest BCUT2D eigenvalue weighted by Crippen LogP contribution is 2.31. The van der Waals surface area contributed by atoms with Crippen LogP contribution in [0.1, 0.15) is 30.5 Å². The van der Waals surface area contributed by atoms with E-state index in [1.807, 2.05) is 11.0 Å². The fourth-order valence-electron chi connectivity index (χ4n) is 3.50. The van der Waals surface area contributed by atoms with Crippen LogP contribution in [0.15, 0.2) is 41.1 Å². The number of pyridine rings is 2. The number of hydrogen-bond donors (Lipinski definition) is 2. The lowest BCUT2D eigenvalue weighted by Crippen LogP contribution is -2.44. The van der Waals surface area contributed by atoms with Crippen LogP contribution in [0.4, 0.5) is 14.6 Å². The minimum Gasteiger partial charge on any atom is -0.418 e. The van der Waals surface area contributed by atoms with Crippen molar-refractivity contribution in [3.63, 3.8) is 0 Å². The summed E-state index contributed by atoms with van der Waals surface area (Å²) >= 11 is 6.48. The van der Waals surface area contributed by atoms with E-state index < -0.39 is 12.3 Å². The first-order valence-electron chi connectivity index (χ1n) is 10.4. The highest BCUT2D eigenvalue weighted by molar-refractivity contribution is 6.32. The number of aliphatic hydroxyl groups excluding tert-OH is 1. The zero-order valence-corrected chi connectivity index (χ0v) is 19.3. The van der Waals surface area contributed by atoms with Gasteiger partial charge in [-0.3, -0.25) is 9.88 Å². The number of aliphatic hydroxyl groups is 1. The van der Waals surface area contributed by atoms with E-state index in [-0.39, 0.29) is 24.0 Å². The lowest BCUT2D eigenvalue weighted by molar-refractivity contribution is -0.00597. The molecule has 4 rings (SSSR count). The van der Waals surface area contributed by atoms with Crippen LogP contribution in [0.25, 0.3) is 17.0 Å². The van der Waals surface area contributed by atoms with Gasteiger partial charge in [-0.05, 0) is 30.2 Å². The molecule has 180 valence electrons. The Morgan fingerprint density at radius 2 is 2.12 bits per heavy atom. The third-order valence-corrected chi connectivity index (χ3v) is 5.62. The average Bonchev–Trinajstić information content (AvgIpc) is 3.32. The molecule has 34 heavy (non-hydrogen) atoms. The normalized spacial score (nSPS) is 15.8.